The van der Waals surface area contributed by atoms with E-state index >= 15 is 0 Å². The summed E-state index contributed by atoms with van der Waals surface area (Å²) in [4.78, 5) is 13.1. The van der Waals surface area contributed by atoms with Crippen molar-refractivity contribution in [1.82, 2.24) is 0 Å². The topological polar surface area (TPSA) is 99.1 Å². The van der Waals surface area contributed by atoms with Gasteiger partial charge < -0.3 is 18.8 Å². The lowest BCUT2D eigenvalue weighted by molar-refractivity contribution is -0.0500. The minimum absolute atomic E-state index is 0.0443. The van der Waals surface area contributed by atoms with Crippen LogP contribution in [0, 0.1) is 0 Å². The van der Waals surface area contributed by atoms with Crippen LogP contribution in [0.2, 0.25) is 0 Å². The molecule has 1 spiro atoms. The lowest BCUT2D eigenvalue weighted by Crippen LogP contribution is -2.33. The smallest absolute Gasteiger partial charge is 0.508 e. The first-order valence-corrected chi connectivity index (χ1v) is 13.3. The molecule has 40 heavy (non-hydrogen) atoms. The summed E-state index contributed by atoms with van der Waals surface area (Å²) in [5.41, 5.74) is -5.03. The second-order valence-electron chi connectivity index (χ2n) is 9.37. The molecule has 0 bridgehead atoms. The van der Waals surface area contributed by atoms with Gasteiger partial charge in [0.2, 0.25) is 0 Å². The van der Waals surface area contributed by atoms with Gasteiger partial charge in [-0.15, -0.1) is 0 Å². The number of aromatic hydroxyl groups is 1. The molecule has 1 unspecified atom stereocenters. The van der Waals surface area contributed by atoms with Gasteiger partial charge in [-0.05, 0) is 65.4 Å². The number of benzene rings is 5. The second-order valence-corrected chi connectivity index (χ2v) is 10.9. The van der Waals surface area contributed by atoms with E-state index in [9.17, 15) is 31.5 Å². The van der Waals surface area contributed by atoms with Crippen LogP contribution in [0.5, 0.6) is 23.0 Å². The molecule has 0 amide bonds. The Morgan fingerprint density at radius 3 is 2.08 bits per heavy atom. The van der Waals surface area contributed by atoms with Crippen LogP contribution in [-0.4, -0.2) is 25.0 Å². The Morgan fingerprint density at radius 2 is 1.40 bits per heavy atom. The number of carbonyl (C=O) groups excluding carboxylic acids is 1. The van der Waals surface area contributed by atoms with Gasteiger partial charge in [-0.1, -0.05) is 30.3 Å². The van der Waals surface area contributed by atoms with Crippen molar-refractivity contribution in [1.29, 1.82) is 0 Å². The molecular weight excluding hydrogens is 549 g/mol. The van der Waals surface area contributed by atoms with Crippen LogP contribution in [-0.2, 0) is 20.5 Å². The Hall–Kier alpha value is -4.77. The predicted molar refractivity (Wildman–Crippen MR) is 137 cm³/mol. The first kappa shape index (κ1) is 24.3. The Bertz CT molecular complexity index is 2040. The van der Waals surface area contributed by atoms with Crippen LogP contribution in [0.15, 0.2) is 84.9 Å². The van der Waals surface area contributed by atoms with Crippen LogP contribution in [0.25, 0.3) is 21.5 Å². The Labute approximate surface area is 224 Å². The summed E-state index contributed by atoms with van der Waals surface area (Å²) >= 11 is 0. The number of rotatable bonds is 2. The molecule has 5 aromatic carbocycles. The highest BCUT2D eigenvalue weighted by atomic mass is 32.2. The number of phenolic OH excluding ortho intramolecular Hbond substituents is 1. The molecule has 2 heterocycles. The Balaban J connectivity index is 1.50. The zero-order valence-corrected chi connectivity index (χ0v) is 20.8. The molecule has 7 nitrogen and oxygen atoms in total. The van der Waals surface area contributed by atoms with Gasteiger partial charge in [0.15, 0.2) is 5.60 Å². The van der Waals surface area contributed by atoms with Crippen LogP contribution in [0.3, 0.4) is 0 Å². The van der Waals surface area contributed by atoms with E-state index in [4.69, 9.17) is 9.47 Å². The molecule has 0 aromatic heterocycles. The zero-order valence-electron chi connectivity index (χ0n) is 20.0. The molecule has 2 aliphatic rings. The maximum atomic E-state index is 13.1. The molecular formula is C29H15F3O7S. The number of alkyl halides is 3. The fraction of sp³-hybridized carbons (Fsp3) is 0.0690. The van der Waals surface area contributed by atoms with Gasteiger partial charge in [-0.3, -0.25) is 0 Å². The van der Waals surface area contributed by atoms with E-state index in [1.54, 1.807) is 60.7 Å². The van der Waals surface area contributed by atoms with Crippen molar-refractivity contribution in [3.8, 4) is 23.0 Å². The molecule has 0 aliphatic carbocycles. The van der Waals surface area contributed by atoms with Crippen molar-refractivity contribution < 1.29 is 45.1 Å². The van der Waals surface area contributed by atoms with Crippen LogP contribution >= 0.6 is 0 Å². The minimum Gasteiger partial charge on any atom is -0.508 e. The number of hydrogen-bond donors (Lipinski definition) is 1. The quantitative estimate of drug-likeness (QED) is 0.149. The summed E-state index contributed by atoms with van der Waals surface area (Å²) in [5.74, 6) is -0.402. The van der Waals surface area contributed by atoms with Gasteiger partial charge in [0, 0.05) is 27.5 Å². The molecule has 0 radical (unpaired) electrons. The maximum Gasteiger partial charge on any atom is 0.534 e. The fourth-order valence-corrected chi connectivity index (χ4v) is 5.88. The number of phenols is 1. The van der Waals surface area contributed by atoms with Gasteiger partial charge in [0.05, 0.1) is 5.56 Å². The molecule has 0 saturated carbocycles. The average molecular weight is 564 g/mol. The summed E-state index contributed by atoms with van der Waals surface area (Å²) < 4.78 is 78.7. The van der Waals surface area contributed by atoms with Gasteiger partial charge in [0.1, 0.15) is 23.0 Å². The monoisotopic (exact) mass is 564 g/mol. The van der Waals surface area contributed by atoms with Crippen molar-refractivity contribution >= 4 is 37.6 Å². The standard InChI is InChI=1S/C29H15F3O7S/c30-29(31,32)40(35,36)39-18-8-10-20-16(14-18)6-12-24-26(20)37-25-19-9-7-17(33)13-15(19)5-11-23(25)28(24)22-4-2-1-3-21(22)27(34)38-28/h1-14,33H. The molecule has 2 aliphatic heterocycles. The first-order chi connectivity index (χ1) is 19.0. The summed E-state index contributed by atoms with van der Waals surface area (Å²) in [7, 11) is -5.87. The molecule has 0 fully saturated rings. The highest BCUT2D eigenvalue weighted by Gasteiger charge is 2.54. The van der Waals surface area contributed by atoms with Gasteiger partial charge in [-0.2, -0.15) is 21.6 Å². The predicted octanol–water partition coefficient (Wildman–Crippen LogP) is 6.50. The summed E-state index contributed by atoms with van der Waals surface area (Å²) in [6.45, 7) is 0. The third-order valence-electron chi connectivity index (χ3n) is 7.12. The third-order valence-corrected chi connectivity index (χ3v) is 8.10. The molecule has 1 atom stereocenters. The molecule has 1 N–H and O–H groups in total. The lowest BCUT2D eigenvalue weighted by atomic mass is 9.76. The van der Waals surface area contributed by atoms with Crippen molar-refractivity contribution in [2.75, 3.05) is 0 Å². The van der Waals surface area contributed by atoms with Crippen LogP contribution in [0.4, 0.5) is 13.2 Å². The number of fused-ring (bicyclic) bond motifs is 10. The lowest BCUT2D eigenvalue weighted by Gasteiger charge is -2.37. The van der Waals surface area contributed by atoms with Crippen molar-refractivity contribution in [2.45, 2.75) is 11.1 Å². The second kappa shape index (κ2) is 7.89. The van der Waals surface area contributed by atoms with E-state index < -0.39 is 32.9 Å². The molecule has 200 valence electrons. The maximum absolute atomic E-state index is 13.1. The first-order valence-electron chi connectivity index (χ1n) is 11.8. The summed E-state index contributed by atoms with van der Waals surface area (Å²) in [6.07, 6.45) is 0. The Morgan fingerprint density at radius 1 is 0.775 bits per heavy atom. The van der Waals surface area contributed by atoms with Crippen molar-refractivity contribution in [3.05, 3.63) is 107 Å². The van der Waals surface area contributed by atoms with E-state index in [0.717, 1.165) is 12.1 Å². The number of esters is 1. The highest BCUT2D eigenvalue weighted by molar-refractivity contribution is 7.88. The van der Waals surface area contributed by atoms with Crippen molar-refractivity contribution in [2.24, 2.45) is 0 Å². The number of carbonyl (C=O) groups is 1. The van der Waals surface area contributed by atoms with Crippen molar-refractivity contribution in [3.63, 3.8) is 0 Å². The van der Waals surface area contributed by atoms with E-state index in [1.165, 1.54) is 12.1 Å². The SMILES string of the molecule is O=C1OC2(c3ccccc31)c1ccc3cc(O)ccc3c1Oc1c2ccc2cc(OS(=O)(=O)C(F)(F)F)ccc12. The van der Waals surface area contributed by atoms with Crippen LogP contribution < -0.4 is 8.92 Å². The fourth-order valence-electron chi connectivity index (χ4n) is 5.43. The van der Waals surface area contributed by atoms with Crippen LogP contribution in [0.1, 0.15) is 27.0 Å². The largest absolute Gasteiger partial charge is 0.534 e. The van der Waals surface area contributed by atoms with Gasteiger partial charge >= 0.3 is 21.6 Å². The third kappa shape index (κ3) is 3.24. The molecule has 11 heteroatoms. The van der Waals surface area contributed by atoms with E-state index in [-0.39, 0.29) is 11.5 Å². The van der Waals surface area contributed by atoms with Gasteiger partial charge in [-0.25, -0.2) is 4.79 Å². The zero-order chi connectivity index (χ0) is 28.0. The molecule has 0 saturated heterocycles. The number of hydrogen-bond acceptors (Lipinski definition) is 7. The normalized spacial score (nSPS) is 17.7. The minimum atomic E-state index is -5.87. The molecule has 5 aromatic rings. The average Bonchev–Trinajstić information content (AvgIpc) is 3.20. The Kier molecular flexibility index (Phi) is 4.79. The van der Waals surface area contributed by atoms with E-state index in [0.29, 0.717) is 49.5 Å². The summed E-state index contributed by atoms with van der Waals surface area (Å²) in [6, 6.07) is 22.0. The molecule has 7 rings (SSSR count). The number of halogens is 3. The highest BCUT2D eigenvalue weighted by Crippen LogP contribution is 2.59. The van der Waals surface area contributed by atoms with E-state index in [1.807, 2.05) is 0 Å². The van der Waals surface area contributed by atoms with Gasteiger partial charge in [0.25, 0.3) is 0 Å². The number of ether oxygens (including phenoxy) is 2. The summed E-state index contributed by atoms with van der Waals surface area (Å²) in [5, 5.41) is 12.0. The van der Waals surface area contributed by atoms with E-state index in [2.05, 4.69) is 4.18 Å².